The van der Waals surface area contributed by atoms with E-state index in [2.05, 4.69) is 5.32 Å². The van der Waals surface area contributed by atoms with E-state index >= 15 is 0 Å². The summed E-state index contributed by atoms with van der Waals surface area (Å²) < 4.78 is 25.2. The summed E-state index contributed by atoms with van der Waals surface area (Å²) in [6.45, 7) is 1.59. The third-order valence-corrected chi connectivity index (χ3v) is 9.92. The fraction of sp³-hybridized carbons (Fsp3) is 0.682. The van der Waals surface area contributed by atoms with Crippen LogP contribution in [-0.2, 0) is 11.3 Å². The molecule has 1 aromatic rings. The van der Waals surface area contributed by atoms with Crippen LogP contribution in [0.2, 0.25) is 5.02 Å². The number of hydrogen-bond donors (Lipinski definition) is 3. The second-order valence-electron chi connectivity index (χ2n) is 9.72. The second kappa shape index (κ2) is 8.26. The van der Waals surface area contributed by atoms with Gasteiger partial charge in [-0.1, -0.05) is 34.7 Å². The van der Waals surface area contributed by atoms with Crippen molar-refractivity contribution in [2.45, 2.75) is 51.1 Å². The average molecular weight is 454 g/mol. The summed E-state index contributed by atoms with van der Waals surface area (Å²) in [6, 6.07) is 7.69. The van der Waals surface area contributed by atoms with Gasteiger partial charge in [-0.15, -0.1) is 0 Å². The quantitative estimate of drug-likeness (QED) is 0.617. The first-order valence-electron chi connectivity index (χ1n) is 11.2. The minimum absolute atomic E-state index is 0.0439. The van der Waals surface area contributed by atoms with Gasteiger partial charge in [0.25, 0.3) is 0 Å². The molecule has 5 aliphatic rings. The molecule has 1 heterocycles. The van der Waals surface area contributed by atoms with Gasteiger partial charge in [-0.3, -0.25) is 13.9 Å². The summed E-state index contributed by atoms with van der Waals surface area (Å²) in [5, 5.41) is 3.95. The molecule has 8 heteroatoms. The Morgan fingerprint density at radius 1 is 1.00 bits per heavy atom. The molecule has 0 aromatic heterocycles. The monoisotopic (exact) mass is 453 g/mol. The van der Waals surface area contributed by atoms with Gasteiger partial charge in [0.15, 0.2) is 0 Å². The molecule has 4 saturated carbocycles. The highest BCUT2D eigenvalue weighted by Gasteiger charge is 2.48. The predicted molar refractivity (Wildman–Crippen MR) is 120 cm³/mol. The van der Waals surface area contributed by atoms with Crippen LogP contribution < -0.4 is 5.32 Å². The summed E-state index contributed by atoms with van der Waals surface area (Å²) in [4.78, 5) is 12.9. The number of rotatable bonds is 5. The lowest BCUT2D eigenvalue weighted by molar-refractivity contribution is -0.125. The molecule has 3 N–H and O–H groups in total. The molecule has 166 valence electrons. The standard InChI is InChI=1S/C22H32ClN3O3S/c23-20-4-2-15(3-5-20)13-25-6-1-7-26(30(25,28)29)14-21(27)24-22-18-9-16-8-17(11-18)12-19(22)10-16/h2-5,16-19,22,28-29H,1,6-14H2,(H,24,27). The Balaban J connectivity index is 1.20. The molecule has 6 nitrogen and oxygen atoms in total. The maximum atomic E-state index is 12.9. The van der Waals surface area contributed by atoms with E-state index in [-0.39, 0.29) is 18.5 Å². The van der Waals surface area contributed by atoms with Crippen LogP contribution in [0.25, 0.3) is 0 Å². The van der Waals surface area contributed by atoms with Crippen LogP contribution in [0.15, 0.2) is 24.3 Å². The number of benzene rings is 1. The molecule has 0 atom stereocenters. The summed E-state index contributed by atoms with van der Waals surface area (Å²) in [7, 11) is -3.16. The van der Waals surface area contributed by atoms with Gasteiger partial charge < -0.3 is 5.32 Å². The van der Waals surface area contributed by atoms with E-state index in [1.165, 1.54) is 32.1 Å². The molecule has 1 amide bonds. The Hall–Kier alpha value is -0.830. The molecular formula is C22H32ClN3O3S. The topological polar surface area (TPSA) is 76.0 Å². The summed E-state index contributed by atoms with van der Waals surface area (Å²) in [5.74, 6) is 2.91. The summed E-state index contributed by atoms with van der Waals surface area (Å²) >= 11 is 5.96. The Morgan fingerprint density at radius 2 is 1.60 bits per heavy atom. The van der Waals surface area contributed by atoms with Gasteiger partial charge in [0, 0.05) is 30.7 Å². The van der Waals surface area contributed by atoms with Gasteiger partial charge in [0.1, 0.15) is 0 Å². The first-order chi connectivity index (χ1) is 14.4. The molecule has 0 radical (unpaired) electrons. The zero-order valence-electron chi connectivity index (χ0n) is 17.3. The number of nitrogens with zero attached hydrogens (tertiary/aromatic N) is 2. The van der Waals surface area contributed by atoms with Crippen molar-refractivity contribution in [2.24, 2.45) is 23.7 Å². The maximum Gasteiger partial charge on any atom is 0.236 e. The summed E-state index contributed by atoms with van der Waals surface area (Å²) in [6.07, 6.45) is 7.22. The van der Waals surface area contributed by atoms with Crippen molar-refractivity contribution in [1.29, 1.82) is 0 Å². The van der Waals surface area contributed by atoms with E-state index in [4.69, 9.17) is 11.6 Å². The zero-order valence-corrected chi connectivity index (χ0v) is 18.8. The van der Waals surface area contributed by atoms with Gasteiger partial charge in [-0.05, 0) is 79.9 Å². The van der Waals surface area contributed by atoms with Crippen LogP contribution in [-0.4, -0.2) is 49.3 Å². The van der Waals surface area contributed by atoms with Crippen molar-refractivity contribution in [2.75, 3.05) is 19.6 Å². The van der Waals surface area contributed by atoms with Crippen molar-refractivity contribution < 1.29 is 13.9 Å². The number of carbonyl (C=O) groups is 1. The highest BCUT2D eigenvalue weighted by molar-refractivity contribution is 8.20. The molecule has 5 fully saturated rings. The molecule has 1 aliphatic heterocycles. The van der Waals surface area contributed by atoms with Crippen molar-refractivity contribution in [3.63, 3.8) is 0 Å². The Labute approximate surface area is 185 Å². The zero-order chi connectivity index (χ0) is 20.9. The fourth-order valence-corrected chi connectivity index (χ4v) is 8.32. The molecule has 30 heavy (non-hydrogen) atoms. The average Bonchev–Trinajstić information content (AvgIpc) is 2.69. The van der Waals surface area contributed by atoms with Crippen molar-refractivity contribution >= 4 is 28.5 Å². The van der Waals surface area contributed by atoms with Gasteiger partial charge in [-0.25, -0.2) is 0 Å². The lowest BCUT2D eigenvalue weighted by Crippen LogP contribution is -2.57. The molecule has 0 spiro atoms. The minimum Gasteiger partial charge on any atom is -0.352 e. The summed E-state index contributed by atoms with van der Waals surface area (Å²) in [5.41, 5.74) is 0.972. The van der Waals surface area contributed by atoms with Crippen LogP contribution in [0.4, 0.5) is 0 Å². The van der Waals surface area contributed by atoms with Crippen molar-refractivity contribution in [3.8, 4) is 0 Å². The highest BCUT2D eigenvalue weighted by atomic mass is 35.5. The molecule has 4 aliphatic carbocycles. The van der Waals surface area contributed by atoms with Crippen LogP contribution in [0, 0.1) is 23.7 Å². The fourth-order valence-electron chi connectivity index (χ4n) is 6.51. The molecule has 1 saturated heterocycles. The van der Waals surface area contributed by atoms with E-state index in [1.807, 2.05) is 24.3 Å². The van der Waals surface area contributed by atoms with Gasteiger partial charge >= 0.3 is 0 Å². The largest absolute Gasteiger partial charge is 0.352 e. The van der Waals surface area contributed by atoms with E-state index in [1.54, 1.807) is 8.61 Å². The SMILES string of the molecule is O=C(CN1CCCN(Cc2ccc(Cl)cc2)S1(O)O)NC1C2CC3CC(C2)CC1C3. The Bertz CT molecular complexity index is 762. The molecule has 1 aromatic carbocycles. The lowest BCUT2D eigenvalue weighted by Gasteiger charge is -2.55. The number of halogens is 1. The van der Waals surface area contributed by atoms with Crippen LogP contribution in [0.3, 0.4) is 0 Å². The van der Waals surface area contributed by atoms with E-state index in [0.29, 0.717) is 36.5 Å². The Morgan fingerprint density at radius 3 is 2.23 bits per heavy atom. The van der Waals surface area contributed by atoms with Gasteiger partial charge in [0.05, 0.1) is 6.54 Å². The third-order valence-electron chi connectivity index (χ3n) is 7.65. The van der Waals surface area contributed by atoms with E-state index in [9.17, 15) is 13.9 Å². The van der Waals surface area contributed by atoms with Crippen LogP contribution in [0.5, 0.6) is 0 Å². The van der Waals surface area contributed by atoms with Crippen molar-refractivity contribution in [3.05, 3.63) is 34.9 Å². The third kappa shape index (κ3) is 4.12. The van der Waals surface area contributed by atoms with Crippen LogP contribution >= 0.6 is 22.6 Å². The first-order valence-corrected chi connectivity index (χ1v) is 13.0. The number of hydrogen-bond acceptors (Lipinski definition) is 5. The lowest BCUT2D eigenvalue weighted by atomic mass is 9.54. The number of amides is 1. The predicted octanol–water partition coefficient (Wildman–Crippen LogP) is 4.37. The van der Waals surface area contributed by atoms with E-state index in [0.717, 1.165) is 23.8 Å². The smallest absolute Gasteiger partial charge is 0.236 e. The number of nitrogens with one attached hydrogen (secondary N) is 1. The Kier molecular flexibility index (Phi) is 5.79. The molecule has 0 unspecified atom stereocenters. The second-order valence-corrected chi connectivity index (χ2v) is 12.2. The normalized spacial score (nSPS) is 36.6. The molecular weight excluding hydrogens is 422 g/mol. The first kappa shape index (κ1) is 21.0. The molecule has 4 bridgehead atoms. The van der Waals surface area contributed by atoms with Crippen molar-refractivity contribution in [1.82, 2.24) is 13.9 Å². The van der Waals surface area contributed by atoms with Gasteiger partial charge in [-0.2, -0.15) is 8.61 Å². The minimum atomic E-state index is -3.16. The number of carbonyl (C=O) groups excluding carboxylic acids is 1. The maximum absolute atomic E-state index is 12.9. The highest BCUT2D eigenvalue weighted by Crippen LogP contribution is 2.54. The molecule has 6 rings (SSSR count). The van der Waals surface area contributed by atoms with E-state index < -0.39 is 11.0 Å². The van der Waals surface area contributed by atoms with Gasteiger partial charge in [0.2, 0.25) is 5.91 Å². The van der Waals surface area contributed by atoms with Crippen LogP contribution in [0.1, 0.15) is 44.1 Å².